The lowest BCUT2D eigenvalue weighted by Gasteiger charge is -2.28. The molecule has 0 aromatic rings. The van der Waals surface area contributed by atoms with Crippen molar-refractivity contribution in [3.05, 3.63) is 0 Å². The molecule has 3 heteroatoms. The van der Waals surface area contributed by atoms with Crippen LogP contribution in [0.15, 0.2) is 0 Å². The number of carbonyl (C=O) groups excluding carboxylic acids is 1. The van der Waals surface area contributed by atoms with Gasteiger partial charge in [-0.25, -0.2) is 0 Å². The highest BCUT2D eigenvalue weighted by atomic mass is 32.1. The summed E-state index contributed by atoms with van der Waals surface area (Å²) in [5, 5.41) is 0. The summed E-state index contributed by atoms with van der Waals surface area (Å²) in [7, 11) is 0. The van der Waals surface area contributed by atoms with Crippen molar-refractivity contribution in [1.82, 2.24) is 4.90 Å². The first-order valence-corrected chi connectivity index (χ1v) is 6.28. The molecule has 0 atom stereocenters. The number of piperidine rings is 1. The first kappa shape index (κ1) is 10.3. The fourth-order valence-corrected chi connectivity index (χ4v) is 2.57. The Hall–Kier alpha value is -0.180. The van der Waals surface area contributed by atoms with E-state index in [1.54, 1.807) is 0 Å². The molecule has 0 aromatic heterocycles. The van der Waals surface area contributed by atoms with Gasteiger partial charge in [0.05, 0.1) is 0 Å². The summed E-state index contributed by atoms with van der Waals surface area (Å²) in [4.78, 5) is 14.0. The number of hydrogen-bond donors (Lipinski definition) is 1. The van der Waals surface area contributed by atoms with Gasteiger partial charge in [-0.3, -0.25) is 4.79 Å². The molecule has 1 saturated carbocycles. The summed E-state index contributed by atoms with van der Waals surface area (Å²) in [6, 6.07) is 0. The first-order chi connectivity index (χ1) is 6.76. The molecule has 0 radical (unpaired) electrons. The number of amides is 1. The van der Waals surface area contributed by atoms with Crippen LogP contribution in [0.4, 0.5) is 0 Å². The third-order valence-corrected chi connectivity index (χ3v) is 4.20. The predicted molar refractivity (Wildman–Crippen MR) is 60.6 cm³/mol. The van der Waals surface area contributed by atoms with Crippen LogP contribution in [0.25, 0.3) is 0 Å². The average Bonchev–Trinajstić information content (AvgIpc) is 3.00. The summed E-state index contributed by atoms with van der Waals surface area (Å²) >= 11 is 4.33. The highest BCUT2D eigenvalue weighted by Crippen LogP contribution is 2.49. The number of thiol groups is 1. The van der Waals surface area contributed by atoms with Gasteiger partial charge in [0.25, 0.3) is 0 Å². The largest absolute Gasteiger partial charge is 0.343 e. The number of nitrogens with zero attached hydrogens (tertiary/aromatic N) is 1. The Balaban J connectivity index is 1.82. The van der Waals surface area contributed by atoms with Crippen molar-refractivity contribution in [2.24, 2.45) is 5.41 Å². The van der Waals surface area contributed by atoms with Crippen molar-refractivity contribution in [1.29, 1.82) is 0 Å². The van der Waals surface area contributed by atoms with Crippen LogP contribution < -0.4 is 0 Å². The molecule has 2 aliphatic rings. The molecular formula is C11H19NOS. The second-order valence-electron chi connectivity index (χ2n) is 4.78. The van der Waals surface area contributed by atoms with Crippen molar-refractivity contribution in [2.75, 3.05) is 18.8 Å². The maximum absolute atomic E-state index is 11.9. The van der Waals surface area contributed by atoms with Crippen molar-refractivity contribution >= 4 is 18.5 Å². The van der Waals surface area contributed by atoms with Gasteiger partial charge in [0.2, 0.25) is 5.91 Å². The smallest absolute Gasteiger partial charge is 0.223 e. The Labute approximate surface area is 91.5 Å². The second kappa shape index (κ2) is 4.13. The normalized spacial score (nSPS) is 24.8. The van der Waals surface area contributed by atoms with Crippen LogP contribution in [0, 0.1) is 5.41 Å². The molecule has 2 nitrogen and oxygen atoms in total. The lowest BCUT2D eigenvalue weighted by molar-refractivity contribution is -0.133. The molecule has 1 aliphatic carbocycles. The van der Waals surface area contributed by atoms with E-state index < -0.39 is 0 Å². The number of likely N-dealkylation sites (tertiary alicyclic amines) is 1. The van der Waals surface area contributed by atoms with Gasteiger partial charge < -0.3 is 4.90 Å². The van der Waals surface area contributed by atoms with E-state index in [0.29, 0.717) is 5.91 Å². The Bertz CT molecular complexity index is 219. The summed E-state index contributed by atoms with van der Waals surface area (Å²) < 4.78 is 0. The van der Waals surface area contributed by atoms with Crippen molar-refractivity contribution in [3.63, 3.8) is 0 Å². The van der Waals surface area contributed by atoms with Crippen LogP contribution in [0.1, 0.15) is 38.5 Å². The highest BCUT2D eigenvalue weighted by molar-refractivity contribution is 7.80. The fraction of sp³-hybridized carbons (Fsp3) is 0.909. The van der Waals surface area contributed by atoms with Crippen molar-refractivity contribution < 1.29 is 4.79 Å². The van der Waals surface area contributed by atoms with Gasteiger partial charge in [0, 0.05) is 19.5 Å². The molecule has 1 saturated heterocycles. The Morgan fingerprint density at radius 2 is 1.86 bits per heavy atom. The Kier molecular flexibility index (Phi) is 3.05. The average molecular weight is 213 g/mol. The van der Waals surface area contributed by atoms with Gasteiger partial charge in [-0.1, -0.05) is 0 Å². The fourth-order valence-electron chi connectivity index (χ4n) is 2.14. The van der Waals surface area contributed by atoms with Gasteiger partial charge in [-0.15, -0.1) is 0 Å². The molecule has 0 unspecified atom stereocenters. The van der Waals surface area contributed by atoms with Crippen molar-refractivity contribution in [3.8, 4) is 0 Å². The molecule has 1 amide bonds. The van der Waals surface area contributed by atoms with Crippen LogP contribution in [-0.4, -0.2) is 29.6 Å². The number of carbonyl (C=O) groups is 1. The summed E-state index contributed by atoms with van der Waals surface area (Å²) in [6.45, 7) is 1.98. The third-order valence-electron chi connectivity index (χ3n) is 3.53. The summed E-state index contributed by atoms with van der Waals surface area (Å²) in [5.41, 5.74) is 0.289. The van der Waals surface area contributed by atoms with Crippen LogP contribution in [-0.2, 0) is 4.79 Å². The van der Waals surface area contributed by atoms with Gasteiger partial charge in [-0.05, 0) is 43.3 Å². The van der Waals surface area contributed by atoms with E-state index in [2.05, 4.69) is 12.6 Å². The van der Waals surface area contributed by atoms with E-state index in [1.165, 1.54) is 32.1 Å². The predicted octanol–water partition coefficient (Wildman–Crippen LogP) is 2.10. The van der Waals surface area contributed by atoms with Crippen molar-refractivity contribution in [2.45, 2.75) is 38.5 Å². The van der Waals surface area contributed by atoms with Crippen LogP contribution in [0.2, 0.25) is 0 Å². The minimum absolute atomic E-state index is 0.289. The lowest BCUT2D eigenvalue weighted by Crippen LogP contribution is -2.37. The molecule has 80 valence electrons. The maximum Gasteiger partial charge on any atom is 0.223 e. The van der Waals surface area contributed by atoms with Gasteiger partial charge in [-0.2, -0.15) is 12.6 Å². The van der Waals surface area contributed by atoms with E-state index in [4.69, 9.17) is 0 Å². The zero-order valence-corrected chi connectivity index (χ0v) is 9.56. The molecule has 1 aliphatic heterocycles. The van der Waals surface area contributed by atoms with Crippen LogP contribution in [0.3, 0.4) is 0 Å². The highest BCUT2D eigenvalue weighted by Gasteiger charge is 2.43. The molecule has 1 heterocycles. The molecular weight excluding hydrogens is 194 g/mol. The monoisotopic (exact) mass is 213 g/mol. The summed E-state index contributed by atoms with van der Waals surface area (Å²) in [6.07, 6.45) is 6.84. The maximum atomic E-state index is 11.9. The molecule has 0 aromatic carbocycles. The zero-order valence-electron chi connectivity index (χ0n) is 8.67. The van der Waals surface area contributed by atoms with Gasteiger partial charge in [0.1, 0.15) is 0 Å². The topological polar surface area (TPSA) is 20.3 Å². The second-order valence-corrected chi connectivity index (χ2v) is 5.09. The van der Waals surface area contributed by atoms with E-state index in [9.17, 15) is 4.79 Å². The molecule has 0 N–H and O–H groups in total. The minimum atomic E-state index is 0.289. The van der Waals surface area contributed by atoms with E-state index >= 15 is 0 Å². The molecule has 2 rings (SSSR count). The third kappa shape index (κ3) is 2.25. The van der Waals surface area contributed by atoms with E-state index in [-0.39, 0.29) is 5.41 Å². The van der Waals surface area contributed by atoms with E-state index in [1.807, 2.05) is 4.90 Å². The number of hydrogen-bond acceptors (Lipinski definition) is 2. The molecule has 14 heavy (non-hydrogen) atoms. The molecule has 0 bridgehead atoms. The molecule has 0 spiro atoms. The SMILES string of the molecule is O=C(CC1(CS)CC1)N1CCCCC1. The van der Waals surface area contributed by atoms with Gasteiger partial charge in [0.15, 0.2) is 0 Å². The van der Waals surface area contributed by atoms with E-state index in [0.717, 1.165) is 25.3 Å². The first-order valence-electron chi connectivity index (χ1n) is 5.64. The quantitative estimate of drug-likeness (QED) is 0.712. The standard InChI is InChI=1S/C11H19NOS/c13-10(8-11(9-14)4-5-11)12-6-2-1-3-7-12/h14H,1-9H2. The van der Waals surface area contributed by atoms with Crippen LogP contribution >= 0.6 is 12.6 Å². The zero-order chi connectivity index (χ0) is 10.0. The lowest BCUT2D eigenvalue weighted by atomic mass is 10.0. The Morgan fingerprint density at radius 3 is 2.36 bits per heavy atom. The summed E-state index contributed by atoms with van der Waals surface area (Å²) in [5.74, 6) is 1.25. The van der Waals surface area contributed by atoms with Crippen LogP contribution in [0.5, 0.6) is 0 Å². The minimum Gasteiger partial charge on any atom is -0.343 e. The molecule has 2 fully saturated rings. The number of rotatable bonds is 3. The Morgan fingerprint density at radius 1 is 1.21 bits per heavy atom. The van der Waals surface area contributed by atoms with Gasteiger partial charge >= 0.3 is 0 Å².